The predicted octanol–water partition coefficient (Wildman–Crippen LogP) is 6.40. The van der Waals surface area contributed by atoms with E-state index in [-0.39, 0.29) is 0 Å². The highest BCUT2D eigenvalue weighted by molar-refractivity contribution is 5.50. The minimum absolute atomic E-state index is 0.713. The molecule has 0 radical (unpaired) electrons. The van der Waals surface area contributed by atoms with Gasteiger partial charge in [-0.15, -0.1) is 0 Å². The second-order valence-electron chi connectivity index (χ2n) is 8.45. The van der Waals surface area contributed by atoms with Crippen LogP contribution >= 0.6 is 0 Å². The van der Waals surface area contributed by atoms with Crippen LogP contribution in [0.3, 0.4) is 0 Å². The molecular weight excluding hydrogens is 344 g/mol. The fourth-order valence-electron chi connectivity index (χ4n) is 4.96. The summed E-state index contributed by atoms with van der Waals surface area (Å²) in [6.45, 7) is 0. The summed E-state index contributed by atoms with van der Waals surface area (Å²) in [6, 6.07) is 15.9. The van der Waals surface area contributed by atoms with Crippen LogP contribution in [0.25, 0.3) is 0 Å². The topological polar surface area (TPSA) is 61.3 Å². The van der Waals surface area contributed by atoms with E-state index in [1.165, 1.54) is 63.4 Å². The summed E-state index contributed by atoms with van der Waals surface area (Å²) in [6.07, 6.45) is 13.2. The molecule has 0 unspecified atom stereocenters. The maximum absolute atomic E-state index is 5.38. The summed E-state index contributed by atoms with van der Waals surface area (Å²) >= 11 is 0. The zero-order valence-electron chi connectivity index (χ0n) is 17.3. The standard InChI is InChI=1S/C19H28O.C6H8N2/c1-20-19-13-11-18(12-14-19)17-9-7-16(8-10-17)15-5-3-2-4-6-15;7-5-2-1-3-6(8)4-5/h11-17H,2-10H2,1H3;1-4H,7-8H2. The maximum Gasteiger partial charge on any atom is 0.118 e. The molecule has 0 heterocycles. The van der Waals surface area contributed by atoms with Crippen molar-refractivity contribution >= 4 is 11.4 Å². The molecule has 2 saturated carbocycles. The second kappa shape index (κ2) is 10.4. The van der Waals surface area contributed by atoms with E-state index in [9.17, 15) is 0 Å². The van der Waals surface area contributed by atoms with Gasteiger partial charge < -0.3 is 16.2 Å². The lowest BCUT2D eigenvalue weighted by molar-refractivity contribution is 0.186. The third-order valence-corrected chi connectivity index (χ3v) is 6.59. The lowest BCUT2D eigenvalue weighted by Gasteiger charge is -2.36. The van der Waals surface area contributed by atoms with Crippen molar-refractivity contribution in [1.82, 2.24) is 0 Å². The molecule has 4 rings (SSSR count). The van der Waals surface area contributed by atoms with E-state index in [4.69, 9.17) is 16.2 Å². The number of ether oxygens (including phenoxy) is 1. The molecule has 4 N–H and O–H groups in total. The van der Waals surface area contributed by atoms with E-state index in [2.05, 4.69) is 24.3 Å². The number of hydrogen-bond donors (Lipinski definition) is 2. The smallest absolute Gasteiger partial charge is 0.118 e. The van der Waals surface area contributed by atoms with Crippen molar-refractivity contribution in [2.24, 2.45) is 11.8 Å². The van der Waals surface area contributed by atoms with Crippen LogP contribution in [-0.4, -0.2) is 7.11 Å². The largest absolute Gasteiger partial charge is 0.497 e. The molecule has 28 heavy (non-hydrogen) atoms. The molecule has 152 valence electrons. The molecular formula is C25H36N2O. The number of nitrogen functional groups attached to an aromatic ring is 2. The Bertz CT molecular complexity index is 681. The van der Waals surface area contributed by atoms with Crippen molar-refractivity contribution in [3.05, 3.63) is 54.1 Å². The van der Waals surface area contributed by atoms with Crippen LogP contribution in [0.15, 0.2) is 48.5 Å². The van der Waals surface area contributed by atoms with E-state index < -0.39 is 0 Å². The SMILES string of the molecule is COc1ccc(C2CCC(C3CCCCC3)CC2)cc1.Nc1cccc(N)c1. The first kappa shape index (κ1) is 20.6. The van der Waals surface area contributed by atoms with Gasteiger partial charge >= 0.3 is 0 Å². The Hall–Kier alpha value is -2.16. The molecule has 2 fully saturated rings. The molecule has 3 heteroatoms. The molecule has 0 saturated heterocycles. The predicted molar refractivity (Wildman–Crippen MR) is 120 cm³/mol. The van der Waals surface area contributed by atoms with Gasteiger partial charge in [0.2, 0.25) is 0 Å². The van der Waals surface area contributed by atoms with Gasteiger partial charge in [0.15, 0.2) is 0 Å². The van der Waals surface area contributed by atoms with E-state index in [1.54, 1.807) is 25.3 Å². The Labute approximate surface area is 170 Å². The van der Waals surface area contributed by atoms with Crippen molar-refractivity contribution in [3.8, 4) is 5.75 Å². The van der Waals surface area contributed by atoms with Gasteiger partial charge in [0, 0.05) is 11.4 Å². The molecule has 0 spiro atoms. The minimum Gasteiger partial charge on any atom is -0.497 e. The second-order valence-corrected chi connectivity index (χ2v) is 8.45. The summed E-state index contributed by atoms with van der Waals surface area (Å²) in [7, 11) is 1.74. The zero-order valence-corrected chi connectivity index (χ0v) is 17.3. The summed E-state index contributed by atoms with van der Waals surface area (Å²) in [5.41, 5.74) is 13.7. The molecule has 0 amide bonds. The van der Waals surface area contributed by atoms with Gasteiger partial charge in [-0.1, -0.05) is 50.3 Å². The first-order chi connectivity index (χ1) is 13.7. The normalized spacial score (nSPS) is 22.8. The summed E-state index contributed by atoms with van der Waals surface area (Å²) < 4.78 is 5.25. The Balaban J connectivity index is 0.000000236. The highest BCUT2D eigenvalue weighted by Crippen LogP contribution is 2.43. The van der Waals surface area contributed by atoms with Gasteiger partial charge in [-0.05, 0) is 79.3 Å². The number of hydrogen-bond acceptors (Lipinski definition) is 3. The quantitative estimate of drug-likeness (QED) is 0.606. The van der Waals surface area contributed by atoms with Crippen molar-refractivity contribution in [3.63, 3.8) is 0 Å². The van der Waals surface area contributed by atoms with Crippen molar-refractivity contribution in [2.75, 3.05) is 18.6 Å². The van der Waals surface area contributed by atoms with Crippen molar-refractivity contribution < 1.29 is 4.74 Å². The van der Waals surface area contributed by atoms with Crippen LogP contribution in [-0.2, 0) is 0 Å². The van der Waals surface area contributed by atoms with Gasteiger partial charge in [0.25, 0.3) is 0 Å². The van der Waals surface area contributed by atoms with Gasteiger partial charge in [0.1, 0.15) is 5.75 Å². The Morgan fingerprint density at radius 2 is 1.29 bits per heavy atom. The lowest BCUT2D eigenvalue weighted by Crippen LogP contribution is -2.23. The molecule has 0 aromatic heterocycles. The summed E-state index contributed by atoms with van der Waals surface area (Å²) in [4.78, 5) is 0. The fourth-order valence-corrected chi connectivity index (χ4v) is 4.96. The summed E-state index contributed by atoms with van der Waals surface area (Å²) in [5.74, 6) is 3.86. The average Bonchev–Trinajstić information content (AvgIpc) is 2.75. The highest BCUT2D eigenvalue weighted by atomic mass is 16.5. The van der Waals surface area contributed by atoms with E-state index in [0.29, 0.717) is 11.4 Å². The third kappa shape index (κ3) is 5.92. The summed E-state index contributed by atoms with van der Waals surface area (Å²) in [5, 5.41) is 0. The van der Waals surface area contributed by atoms with Crippen molar-refractivity contribution in [1.29, 1.82) is 0 Å². The molecule has 2 aromatic carbocycles. The van der Waals surface area contributed by atoms with Crippen LogP contribution in [0.5, 0.6) is 5.75 Å². The van der Waals surface area contributed by atoms with Gasteiger partial charge in [-0.25, -0.2) is 0 Å². The Morgan fingerprint density at radius 1 is 0.714 bits per heavy atom. The van der Waals surface area contributed by atoms with Gasteiger partial charge in [0.05, 0.1) is 7.11 Å². The van der Waals surface area contributed by atoms with Crippen LogP contribution in [0, 0.1) is 11.8 Å². The van der Waals surface area contributed by atoms with Gasteiger partial charge in [-0.2, -0.15) is 0 Å². The van der Waals surface area contributed by atoms with Crippen LogP contribution in [0.4, 0.5) is 11.4 Å². The van der Waals surface area contributed by atoms with Crippen LogP contribution in [0.1, 0.15) is 69.3 Å². The Kier molecular flexibility index (Phi) is 7.64. The number of anilines is 2. The molecule has 0 aliphatic heterocycles. The Morgan fingerprint density at radius 3 is 1.79 bits per heavy atom. The van der Waals surface area contributed by atoms with E-state index >= 15 is 0 Å². The first-order valence-electron chi connectivity index (χ1n) is 10.9. The van der Waals surface area contributed by atoms with E-state index in [1.807, 2.05) is 6.07 Å². The fraction of sp³-hybridized carbons (Fsp3) is 0.520. The molecule has 2 aliphatic carbocycles. The monoisotopic (exact) mass is 380 g/mol. The molecule has 3 nitrogen and oxygen atoms in total. The first-order valence-corrected chi connectivity index (χ1v) is 10.9. The van der Waals surface area contributed by atoms with Crippen LogP contribution < -0.4 is 16.2 Å². The van der Waals surface area contributed by atoms with Gasteiger partial charge in [-0.3, -0.25) is 0 Å². The number of rotatable bonds is 3. The average molecular weight is 381 g/mol. The molecule has 2 aliphatic rings. The lowest BCUT2D eigenvalue weighted by atomic mass is 9.70. The van der Waals surface area contributed by atoms with Crippen LogP contribution in [0.2, 0.25) is 0 Å². The molecule has 2 aromatic rings. The maximum atomic E-state index is 5.38. The number of nitrogens with two attached hydrogens (primary N) is 2. The number of benzene rings is 2. The zero-order chi connectivity index (χ0) is 19.8. The van der Waals surface area contributed by atoms with E-state index in [0.717, 1.165) is 23.5 Å². The third-order valence-electron chi connectivity index (χ3n) is 6.59. The van der Waals surface area contributed by atoms with Crippen molar-refractivity contribution in [2.45, 2.75) is 63.7 Å². The molecule has 0 bridgehead atoms. The molecule has 0 atom stereocenters. The highest BCUT2D eigenvalue weighted by Gasteiger charge is 2.28. The number of methoxy groups -OCH3 is 1. The minimum atomic E-state index is 0.713.